The van der Waals surface area contributed by atoms with E-state index in [0.717, 1.165) is 11.8 Å². The number of esters is 1. The first-order valence-corrected chi connectivity index (χ1v) is 7.89. The van der Waals surface area contributed by atoms with Gasteiger partial charge in [0.25, 0.3) is 0 Å². The first-order valence-electron chi connectivity index (χ1n) is 7.51. The summed E-state index contributed by atoms with van der Waals surface area (Å²) in [5.41, 5.74) is 2.02. The first kappa shape index (κ1) is 17.3. The van der Waals surface area contributed by atoms with Crippen molar-refractivity contribution in [3.8, 4) is 11.5 Å². The second kappa shape index (κ2) is 8.00. The maximum absolute atomic E-state index is 11.9. The lowest BCUT2D eigenvalue weighted by Gasteiger charge is -2.21. The van der Waals surface area contributed by atoms with Crippen LogP contribution in [0.2, 0.25) is 5.02 Å². The molecule has 1 heterocycles. The number of ether oxygens (including phenoxy) is 4. The van der Waals surface area contributed by atoms with Crippen LogP contribution in [-0.4, -0.2) is 25.7 Å². The number of aldehydes is 1. The number of benzene rings is 2. The zero-order valence-corrected chi connectivity index (χ0v) is 14.0. The van der Waals surface area contributed by atoms with Crippen molar-refractivity contribution in [3.63, 3.8) is 0 Å². The molecule has 0 amide bonds. The van der Waals surface area contributed by atoms with Gasteiger partial charge in [-0.1, -0.05) is 11.6 Å². The molecular weight excluding hydrogens is 348 g/mol. The minimum absolute atomic E-state index is 0.0230. The summed E-state index contributed by atoms with van der Waals surface area (Å²) in [6.07, 6.45) is 0.733. The first-order chi connectivity index (χ1) is 12.2. The molecule has 2 aromatic rings. The summed E-state index contributed by atoms with van der Waals surface area (Å²) in [6, 6.07) is 9.87. The Morgan fingerprint density at radius 2 is 2.04 bits per heavy atom. The lowest BCUT2D eigenvalue weighted by Crippen LogP contribution is -2.17. The number of rotatable bonds is 6. The van der Waals surface area contributed by atoms with Gasteiger partial charge in [-0.05, 0) is 36.4 Å². The molecule has 0 fully saturated rings. The van der Waals surface area contributed by atoms with Gasteiger partial charge in [0.1, 0.15) is 24.4 Å². The third-order valence-electron chi connectivity index (χ3n) is 3.51. The normalized spacial score (nSPS) is 12.7. The number of carbonyl (C=O) groups excluding carboxylic acids is 2. The van der Waals surface area contributed by atoms with E-state index in [1.807, 2.05) is 0 Å². The minimum atomic E-state index is -0.528. The molecule has 25 heavy (non-hydrogen) atoms. The highest BCUT2D eigenvalue weighted by Gasteiger charge is 2.17. The summed E-state index contributed by atoms with van der Waals surface area (Å²) in [4.78, 5) is 22.5. The van der Waals surface area contributed by atoms with Crippen molar-refractivity contribution in [3.05, 3.63) is 58.1 Å². The average Bonchev–Trinajstić information content (AvgIpc) is 2.64. The molecule has 0 spiro atoms. The van der Waals surface area contributed by atoms with Gasteiger partial charge >= 0.3 is 5.97 Å². The number of carbonyl (C=O) groups is 2. The SMILES string of the molecule is O=Cc1ccc(OCC(=O)OCc2cc(Cl)cc3c2OCOC3)cc1. The molecule has 1 aliphatic heterocycles. The predicted molar refractivity (Wildman–Crippen MR) is 88.9 cm³/mol. The van der Waals surface area contributed by atoms with Crippen LogP contribution in [0.15, 0.2) is 36.4 Å². The maximum Gasteiger partial charge on any atom is 0.344 e. The van der Waals surface area contributed by atoms with E-state index in [9.17, 15) is 9.59 Å². The van der Waals surface area contributed by atoms with Gasteiger partial charge in [-0.25, -0.2) is 4.79 Å². The Bertz CT molecular complexity index is 772. The number of halogens is 1. The zero-order valence-electron chi connectivity index (χ0n) is 13.2. The van der Waals surface area contributed by atoms with Crippen molar-refractivity contribution in [2.75, 3.05) is 13.4 Å². The molecule has 0 aliphatic carbocycles. The van der Waals surface area contributed by atoms with Crippen LogP contribution in [0.4, 0.5) is 0 Å². The van der Waals surface area contributed by atoms with Crippen LogP contribution in [0.1, 0.15) is 21.5 Å². The van der Waals surface area contributed by atoms with Crippen molar-refractivity contribution in [2.24, 2.45) is 0 Å². The third kappa shape index (κ3) is 4.49. The quantitative estimate of drug-likeness (QED) is 0.580. The van der Waals surface area contributed by atoms with Crippen LogP contribution < -0.4 is 9.47 Å². The molecule has 6 nitrogen and oxygen atoms in total. The fourth-order valence-corrected chi connectivity index (χ4v) is 2.61. The van der Waals surface area contributed by atoms with E-state index in [0.29, 0.717) is 34.3 Å². The number of hydrogen-bond donors (Lipinski definition) is 0. The molecule has 0 atom stereocenters. The summed E-state index contributed by atoms with van der Waals surface area (Å²) >= 11 is 6.06. The lowest BCUT2D eigenvalue weighted by atomic mass is 10.1. The molecule has 2 aromatic carbocycles. The highest BCUT2D eigenvalue weighted by Crippen LogP contribution is 2.32. The molecule has 0 N–H and O–H groups in total. The Labute approximate surface area is 149 Å². The van der Waals surface area contributed by atoms with Crippen LogP contribution >= 0.6 is 11.6 Å². The molecule has 1 aliphatic rings. The molecule has 0 aromatic heterocycles. The van der Waals surface area contributed by atoms with E-state index in [1.54, 1.807) is 36.4 Å². The fourth-order valence-electron chi connectivity index (χ4n) is 2.35. The average molecular weight is 363 g/mol. The molecule has 0 radical (unpaired) electrons. The van der Waals surface area contributed by atoms with Crippen molar-refractivity contribution in [1.29, 1.82) is 0 Å². The van der Waals surface area contributed by atoms with Gasteiger partial charge in [0.05, 0.1) is 6.61 Å². The largest absolute Gasteiger partial charge is 0.482 e. The van der Waals surface area contributed by atoms with Gasteiger partial charge < -0.3 is 18.9 Å². The van der Waals surface area contributed by atoms with E-state index in [2.05, 4.69) is 0 Å². The van der Waals surface area contributed by atoms with E-state index in [-0.39, 0.29) is 20.0 Å². The van der Waals surface area contributed by atoms with Crippen LogP contribution in [0.3, 0.4) is 0 Å². The van der Waals surface area contributed by atoms with E-state index in [1.165, 1.54) is 0 Å². The standard InChI is InChI=1S/C18H15ClO6/c19-15-5-13-8-22-11-25-18(13)14(6-15)9-24-17(21)10-23-16-3-1-12(7-20)2-4-16/h1-7H,8-11H2. The van der Waals surface area contributed by atoms with Crippen molar-refractivity contribution < 1.29 is 28.5 Å². The topological polar surface area (TPSA) is 71.1 Å². The highest BCUT2D eigenvalue weighted by molar-refractivity contribution is 6.30. The second-order valence-corrected chi connectivity index (χ2v) is 5.74. The van der Waals surface area contributed by atoms with Crippen LogP contribution in [0.25, 0.3) is 0 Å². The third-order valence-corrected chi connectivity index (χ3v) is 3.73. The van der Waals surface area contributed by atoms with Crippen LogP contribution in [-0.2, 0) is 27.5 Å². The van der Waals surface area contributed by atoms with E-state index >= 15 is 0 Å². The zero-order chi connectivity index (χ0) is 17.6. The smallest absolute Gasteiger partial charge is 0.344 e. The second-order valence-electron chi connectivity index (χ2n) is 5.30. The van der Waals surface area contributed by atoms with Gasteiger partial charge in [0.2, 0.25) is 0 Å². The lowest BCUT2D eigenvalue weighted by molar-refractivity contribution is -0.147. The molecule has 0 saturated heterocycles. The van der Waals surface area contributed by atoms with Crippen LogP contribution in [0, 0.1) is 0 Å². The Morgan fingerprint density at radius 1 is 1.24 bits per heavy atom. The van der Waals surface area contributed by atoms with Gasteiger partial charge in [0, 0.05) is 21.7 Å². The van der Waals surface area contributed by atoms with E-state index < -0.39 is 5.97 Å². The molecule has 0 saturated carbocycles. The fraction of sp³-hybridized carbons (Fsp3) is 0.222. The Hall–Kier alpha value is -2.57. The van der Waals surface area contributed by atoms with Gasteiger partial charge in [0.15, 0.2) is 13.4 Å². The van der Waals surface area contributed by atoms with Crippen molar-refractivity contribution in [1.82, 2.24) is 0 Å². The van der Waals surface area contributed by atoms with Crippen molar-refractivity contribution in [2.45, 2.75) is 13.2 Å². The number of hydrogen-bond acceptors (Lipinski definition) is 6. The maximum atomic E-state index is 11.9. The molecule has 0 unspecified atom stereocenters. The monoisotopic (exact) mass is 362 g/mol. The van der Waals surface area contributed by atoms with Crippen molar-refractivity contribution >= 4 is 23.9 Å². The molecule has 0 bridgehead atoms. The van der Waals surface area contributed by atoms with Gasteiger partial charge in [-0.15, -0.1) is 0 Å². The Kier molecular flexibility index (Phi) is 5.53. The summed E-state index contributed by atoms with van der Waals surface area (Å²) in [5.74, 6) is 0.581. The summed E-state index contributed by atoms with van der Waals surface area (Å²) in [7, 11) is 0. The molecule has 130 valence electrons. The van der Waals surface area contributed by atoms with Gasteiger partial charge in [-0.3, -0.25) is 4.79 Å². The minimum Gasteiger partial charge on any atom is -0.482 e. The highest BCUT2D eigenvalue weighted by atomic mass is 35.5. The van der Waals surface area contributed by atoms with Gasteiger partial charge in [-0.2, -0.15) is 0 Å². The Balaban J connectivity index is 1.55. The van der Waals surface area contributed by atoms with E-state index in [4.69, 9.17) is 30.5 Å². The summed E-state index contributed by atoms with van der Waals surface area (Å²) in [6.45, 7) is 0.328. The molecule has 3 rings (SSSR count). The van der Waals surface area contributed by atoms with Crippen LogP contribution in [0.5, 0.6) is 11.5 Å². The predicted octanol–water partition coefficient (Wildman–Crippen LogP) is 3.14. The summed E-state index contributed by atoms with van der Waals surface area (Å²) in [5, 5.41) is 0.519. The molecular formula is C18H15ClO6. The number of fused-ring (bicyclic) bond motifs is 1. The molecule has 7 heteroatoms. The Morgan fingerprint density at radius 3 is 2.80 bits per heavy atom. The summed E-state index contributed by atoms with van der Waals surface area (Å²) < 4.78 is 21.2.